The van der Waals surface area contributed by atoms with E-state index in [0.717, 1.165) is 12.2 Å². The number of hydrogen-bond donors (Lipinski definition) is 0. The van der Waals surface area contributed by atoms with E-state index in [2.05, 4.69) is 24.8 Å². The number of benzene rings is 1. The van der Waals surface area contributed by atoms with Gasteiger partial charge in [0.15, 0.2) is 0 Å². The van der Waals surface area contributed by atoms with Crippen LogP contribution in [0.3, 0.4) is 0 Å². The number of ether oxygens (including phenoxy) is 1. The first-order chi connectivity index (χ1) is 9.33. The molecular weight excluding hydrogens is 234 g/mol. The van der Waals surface area contributed by atoms with Gasteiger partial charge in [-0.1, -0.05) is 18.2 Å². The fraction of sp³-hybridized carbons (Fsp3) is 0.471. The van der Waals surface area contributed by atoms with Gasteiger partial charge in [-0.15, -0.1) is 6.58 Å². The molecule has 0 N–H and O–H groups in total. The van der Waals surface area contributed by atoms with Gasteiger partial charge in [-0.3, -0.25) is 0 Å². The SMILES string of the molecule is C=CCOCC1CCC(c2ccc(C#N)cc2)CC1. The van der Waals surface area contributed by atoms with Gasteiger partial charge < -0.3 is 4.74 Å². The van der Waals surface area contributed by atoms with Crippen LogP contribution in [0.5, 0.6) is 0 Å². The van der Waals surface area contributed by atoms with E-state index < -0.39 is 0 Å². The lowest BCUT2D eigenvalue weighted by molar-refractivity contribution is 0.102. The molecule has 0 heterocycles. The molecule has 1 fully saturated rings. The number of rotatable bonds is 5. The molecule has 0 bridgehead atoms. The van der Waals surface area contributed by atoms with Crippen molar-refractivity contribution in [3.63, 3.8) is 0 Å². The summed E-state index contributed by atoms with van der Waals surface area (Å²) >= 11 is 0. The largest absolute Gasteiger partial charge is 0.377 e. The van der Waals surface area contributed by atoms with Crippen LogP contribution in [-0.2, 0) is 4.74 Å². The highest BCUT2D eigenvalue weighted by Crippen LogP contribution is 2.35. The van der Waals surface area contributed by atoms with E-state index in [9.17, 15) is 0 Å². The summed E-state index contributed by atoms with van der Waals surface area (Å²) in [6.07, 6.45) is 6.74. The normalized spacial score (nSPS) is 22.7. The molecule has 0 amide bonds. The molecule has 1 aromatic carbocycles. The van der Waals surface area contributed by atoms with E-state index >= 15 is 0 Å². The second kappa shape index (κ2) is 7.11. The molecule has 0 radical (unpaired) electrons. The first-order valence-corrected chi connectivity index (χ1v) is 7.02. The third kappa shape index (κ3) is 3.94. The Morgan fingerprint density at radius 3 is 2.47 bits per heavy atom. The Morgan fingerprint density at radius 2 is 1.89 bits per heavy atom. The van der Waals surface area contributed by atoms with Gasteiger partial charge in [-0.05, 0) is 55.2 Å². The Labute approximate surface area is 115 Å². The van der Waals surface area contributed by atoms with Crippen molar-refractivity contribution in [3.05, 3.63) is 48.0 Å². The molecule has 2 nitrogen and oxygen atoms in total. The third-order valence-electron chi connectivity index (χ3n) is 3.95. The zero-order valence-electron chi connectivity index (χ0n) is 11.3. The van der Waals surface area contributed by atoms with Crippen molar-refractivity contribution < 1.29 is 4.74 Å². The molecule has 19 heavy (non-hydrogen) atoms. The zero-order valence-corrected chi connectivity index (χ0v) is 11.3. The lowest BCUT2D eigenvalue weighted by atomic mass is 9.79. The topological polar surface area (TPSA) is 33.0 Å². The van der Waals surface area contributed by atoms with Gasteiger partial charge >= 0.3 is 0 Å². The average molecular weight is 255 g/mol. The summed E-state index contributed by atoms with van der Waals surface area (Å²) in [6.45, 7) is 5.19. The molecule has 100 valence electrons. The first kappa shape index (κ1) is 13.8. The maximum absolute atomic E-state index is 8.81. The summed E-state index contributed by atoms with van der Waals surface area (Å²) in [5, 5.41) is 8.81. The van der Waals surface area contributed by atoms with E-state index in [0.29, 0.717) is 18.4 Å². The molecule has 0 saturated heterocycles. The highest BCUT2D eigenvalue weighted by Gasteiger charge is 2.22. The summed E-state index contributed by atoms with van der Waals surface area (Å²) in [5.41, 5.74) is 2.12. The summed E-state index contributed by atoms with van der Waals surface area (Å²) in [6, 6.07) is 10.2. The van der Waals surface area contributed by atoms with Crippen molar-refractivity contribution in [3.8, 4) is 6.07 Å². The van der Waals surface area contributed by atoms with E-state index in [1.54, 1.807) is 0 Å². The lowest BCUT2D eigenvalue weighted by Gasteiger charge is -2.28. The molecule has 1 aliphatic carbocycles. The Bertz CT molecular complexity index is 435. The van der Waals surface area contributed by atoms with Gasteiger partial charge in [0.25, 0.3) is 0 Å². The van der Waals surface area contributed by atoms with Crippen LogP contribution >= 0.6 is 0 Å². The lowest BCUT2D eigenvalue weighted by Crippen LogP contribution is -2.18. The molecular formula is C17H21NO. The van der Waals surface area contributed by atoms with Crippen molar-refractivity contribution >= 4 is 0 Å². The van der Waals surface area contributed by atoms with Crippen molar-refractivity contribution in [1.29, 1.82) is 5.26 Å². The second-order valence-corrected chi connectivity index (χ2v) is 5.28. The molecule has 2 rings (SSSR count). The summed E-state index contributed by atoms with van der Waals surface area (Å²) in [5.74, 6) is 1.36. The number of hydrogen-bond acceptors (Lipinski definition) is 2. The minimum atomic E-state index is 0.656. The maximum atomic E-state index is 8.81. The van der Waals surface area contributed by atoms with Gasteiger partial charge in [0, 0.05) is 6.61 Å². The quantitative estimate of drug-likeness (QED) is 0.587. The first-order valence-electron chi connectivity index (χ1n) is 7.02. The van der Waals surface area contributed by atoms with Crippen LogP contribution < -0.4 is 0 Å². The fourth-order valence-electron chi connectivity index (χ4n) is 2.81. The minimum Gasteiger partial charge on any atom is -0.377 e. The Kier molecular flexibility index (Phi) is 5.18. The van der Waals surface area contributed by atoms with Crippen molar-refractivity contribution in [2.24, 2.45) is 5.92 Å². The molecule has 0 unspecified atom stereocenters. The standard InChI is InChI=1S/C17H21NO/c1-2-11-19-13-15-5-9-17(10-6-15)16-7-3-14(12-18)4-8-16/h2-4,7-8,15,17H,1,5-6,9-11,13H2. The molecule has 0 aromatic heterocycles. The highest BCUT2D eigenvalue weighted by atomic mass is 16.5. The molecule has 2 heteroatoms. The van der Waals surface area contributed by atoms with Crippen LogP contribution in [0, 0.1) is 17.2 Å². The Morgan fingerprint density at radius 1 is 1.21 bits per heavy atom. The molecule has 1 aliphatic rings. The van der Waals surface area contributed by atoms with Crippen LogP contribution in [-0.4, -0.2) is 13.2 Å². The number of nitrogens with zero attached hydrogens (tertiary/aromatic N) is 1. The van der Waals surface area contributed by atoms with Gasteiger partial charge in [0.2, 0.25) is 0 Å². The van der Waals surface area contributed by atoms with Crippen molar-refractivity contribution in [2.45, 2.75) is 31.6 Å². The zero-order chi connectivity index (χ0) is 13.5. The van der Waals surface area contributed by atoms with E-state index in [1.165, 1.54) is 31.2 Å². The van der Waals surface area contributed by atoms with Crippen LogP contribution in [0.1, 0.15) is 42.7 Å². The molecule has 1 saturated carbocycles. The van der Waals surface area contributed by atoms with Crippen molar-refractivity contribution in [2.75, 3.05) is 13.2 Å². The summed E-state index contributed by atoms with van der Waals surface area (Å²) in [4.78, 5) is 0. The van der Waals surface area contributed by atoms with E-state index in [-0.39, 0.29) is 0 Å². The van der Waals surface area contributed by atoms with Crippen LogP contribution in [0.25, 0.3) is 0 Å². The van der Waals surface area contributed by atoms with Gasteiger partial charge in [-0.25, -0.2) is 0 Å². The van der Waals surface area contributed by atoms with Crippen LogP contribution in [0.2, 0.25) is 0 Å². The summed E-state index contributed by atoms with van der Waals surface area (Å²) in [7, 11) is 0. The minimum absolute atomic E-state index is 0.656. The summed E-state index contributed by atoms with van der Waals surface area (Å²) < 4.78 is 5.54. The Balaban J connectivity index is 1.82. The predicted molar refractivity (Wildman–Crippen MR) is 76.9 cm³/mol. The molecule has 0 atom stereocenters. The van der Waals surface area contributed by atoms with Crippen LogP contribution in [0.4, 0.5) is 0 Å². The smallest absolute Gasteiger partial charge is 0.0991 e. The van der Waals surface area contributed by atoms with E-state index in [4.69, 9.17) is 10.00 Å². The highest BCUT2D eigenvalue weighted by molar-refractivity contribution is 5.33. The van der Waals surface area contributed by atoms with Crippen molar-refractivity contribution in [1.82, 2.24) is 0 Å². The maximum Gasteiger partial charge on any atom is 0.0991 e. The van der Waals surface area contributed by atoms with Crippen LogP contribution in [0.15, 0.2) is 36.9 Å². The third-order valence-corrected chi connectivity index (χ3v) is 3.95. The number of nitriles is 1. The van der Waals surface area contributed by atoms with Gasteiger partial charge in [0.1, 0.15) is 0 Å². The predicted octanol–water partition coefficient (Wildman–Crippen LogP) is 4.03. The second-order valence-electron chi connectivity index (χ2n) is 5.28. The van der Waals surface area contributed by atoms with E-state index in [1.807, 2.05) is 18.2 Å². The molecule has 0 spiro atoms. The molecule has 1 aromatic rings. The monoisotopic (exact) mass is 255 g/mol. The van der Waals surface area contributed by atoms with Gasteiger partial charge in [-0.2, -0.15) is 5.26 Å². The fourth-order valence-corrected chi connectivity index (χ4v) is 2.81. The Hall–Kier alpha value is -1.59. The van der Waals surface area contributed by atoms with Gasteiger partial charge in [0.05, 0.1) is 18.2 Å². The average Bonchev–Trinajstić information content (AvgIpc) is 2.48. The molecule has 0 aliphatic heterocycles.